The smallest absolute Gasteiger partial charge is 0.303 e. The van der Waals surface area contributed by atoms with Gasteiger partial charge in [0, 0.05) is 29.6 Å². The van der Waals surface area contributed by atoms with Gasteiger partial charge in [0.05, 0.1) is 13.2 Å². The summed E-state index contributed by atoms with van der Waals surface area (Å²) in [7, 11) is 0. The molecule has 0 spiro atoms. The molecule has 2 fully saturated rings. The van der Waals surface area contributed by atoms with Gasteiger partial charge in [0.2, 0.25) is 0 Å². The minimum absolute atomic E-state index is 0.121. The third-order valence-corrected chi connectivity index (χ3v) is 9.17. The van der Waals surface area contributed by atoms with E-state index in [1.54, 1.807) is 24.3 Å². The fourth-order valence-electron chi connectivity index (χ4n) is 6.58. The van der Waals surface area contributed by atoms with Crippen molar-refractivity contribution in [1.82, 2.24) is 0 Å². The Hall–Kier alpha value is -3.41. The lowest BCUT2D eigenvalue weighted by Crippen LogP contribution is -2.58. The van der Waals surface area contributed by atoms with E-state index in [0.29, 0.717) is 22.3 Å². The lowest BCUT2D eigenvalue weighted by Gasteiger charge is -2.37. The van der Waals surface area contributed by atoms with Crippen LogP contribution in [-0.4, -0.2) is 138 Å². The van der Waals surface area contributed by atoms with Gasteiger partial charge in [-0.15, -0.1) is 0 Å². The Bertz CT molecular complexity index is 1480. The summed E-state index contributed by atoms with van der Waals surface area (Å²) in [6.07, 6.45) is -13.9. The van der Waals surface area contributed by atoms with Crippen LogP contribution in [0.3, 0.4) is 0 Å². The summed E-state index contributed by atoms with van der Waals surface area (Å²) in [6.45, 7) is -1.47. The van der Waals surface area contributed by atoms with E-state index in [1.807, 2.05) is 12.1 Å². The molecular formula is C34H38O13. The van der Waals surface area contributed by atoms with Crippen LogP contribution in [0.15, 0.2) is 36.4 Å². The highest BCUT2D eigenvalue weighted by Crippen LogP contribution is 2.53. The maximum Gasteiger partial charge on any atom is 0.303 e. The fourth-order valence-corrected chi connectivity index (χ4v) is 6.58. The third kappa shape index (κ3) is 6.67. The maximum absolute atomic E-state index is 11.8. The summed E-state index contributed by atoms with van der Waals surface area (Å²) in [5, 5.41) is 100. The van der Waals surface area contributed by atoms with Crippen LogP contribution >= 0.6 is 0 Å². The number of rotatable bonds is 7. The molecule has 252 valence electrons. The van der Waals surface area contributed by atoms with E-state index in [9.17, 15) is 55.9 Å². The van der Waals surface area contributed by atoms with Crippen LogP contribution in [0.4, 0.5) is 0 Å². The number of hydrogen-bond donors (Lipinski definition) is 10. The highest BCUT2D eigenvalue weighted by atomic mass is 16.5. The zero-order valence-electron chi connectivity index (χ0n) is 25.2. The first-order valence-corrected chi connectivity index (χ1v) is 15.2. The van der Waals surface area contributed by atoms with Crippen molar-refractivity contribution in [1.29, 1.82) is 0 Å². The monoisotopic (exact) mass is 654 g/mol. The fraction of sp³-hybridized carbons (Fsp3) is 0.500. The van der Waals surface area contributed by atoms with Gasteiger partial charge in [0.1, 0.15) is 61.0 Å². The van der Waals surface area contributed by atoms with Crippen molar-refractivity contribution in [3.05, 3.63) is 58.7 Å². The Labute approximate surface area is 270 Å². The first-order chi connectivity index (χ1) is 22.4. The second-order valence-corrected chi connectivity index (χ2v) is 12.0. The van der Waals surface area contributed by atoms with E-state index in [-0.39, 0.29) is 25.9 Å². The van der Waals surface area contributed by atoms with Gasteiger partial charge in [-0.3, -0.25) is 4.79 Å². The van der Waals surface area contributed by atoms with Crippen LogP contribution in [0, 0.1) is 23.7 Å². The van der Waals surface area contributed by atoms with Crippen molar-refractivity contribution in [2.75, 3.05) is 19.8 Å². The van der Waals surface area contributed by atoms with E-state index >= 15 is 0 Å². The molecule has 2 heterocycles. The molecule has 2 aromatic rings. The molecule has 10 atom stereocenters. The summed E-state index contributed by atoms with van der Waals surface area (Å²) in [5.74, 6) is 10.3. The maximum atomic E-state index is 11.8. The van der Waals surface area contributed by atoms with Crippen LogP contribution in [-0.2, 0) is 19.7 Å². The average Bonchev–Trinajstić information content (AvgIpc) is 3.33. The summed E-state index contributed by atoms with van der Waals surface area (Å²) < 4.78 is 11.0. The Kier molecular flexibility index (Phi) is 10.7. The lowest BCUT2D eigenvalue weighted by atomic mass is 9.71. The molecule has 0 unspecified atom stereocenters. The van der Waals surface area contributed by atoms with Gasteiger partial charge in [-0.05, 0) is 59.4 Å². The predicted molar refractivity (Wildman–Crippen MR) is 163 cm³/mol. The summed E-state index contributed by atoms with van der Waals surface area (Å²) in [6, 6.07) is 10.6. The highest BCUT2D eigenvalue weighted by Gasteiger charge is 2.45. The average molecular weight is 655 g/mol. The van der Waals surface area contributed by atoms with Crippen molar-refractivity contribution in [3.8, 4) is 34.8 Å². The Morgan fingerprint density at radius 3 is 1.49 bits per heavy atom. The quantitative estimate of drug-likeness (QED) is 0.140. The molecule has 0 bridgehead atoms. The van der Waals surface area contributed by atoms with Gasteiger partial charge in [-0.25, -0.2) is 0 Å². The Morgan fingerprint density at radius 1 is 0.660 bits per heavy atom. The van der Waals surface area contributed by atoms with E-state index in [2.05, 4.69) is 23.7 Å². The molecule has 0 saturated carbocycles. The molecule has 0 aromatic heterocycles. The van der Waals surface area contributed by atoms with Gasteiger partial charge in [0.25, 0.3) is 0 Å². The molecule has 2 aromatic carbocycles. The topological polar surface area (TPSA) is 238 Å². The number of fused-ring (bicyclic) bond motifs is 3. The van der Waals surface area contributed by atoms with Crippen LogP contribution in [0.1, 0.15) is 41.5 Å². The minimum Gasteiger partial charge on any atom is -0.481 e. The number of aliphatic carboxylic acids is 1. The van der Waals surface area contributed by atoms with Gasteiger partial charge in [-0.2, -0.15) is 0 Å². The van der Waals surface area contributed by atoms with Crippen LogP contribution in [0.5, 0.6) is 0 Å². The molecule has 47 heavy (non-hydrogen) atoms. The van der Waals surface area contributed by atoms with Gasteiger partial charge in [-0.1, -0.05) is 35.8 Å². The highest BCUT2D eigenvalue weighted by molar-refractivity contribution is 5.83. The third-order valence-electron chi connectivity index (χ3n) is 9.17. The minimum atomic E-state index is -1.58. The number of ether oxygens (including phenoxy) is 2. The van der Waals surface area contributed by atoms with Crippen molar-refractivity contribution < 1.29 is 65.3 Å². The molecule has 0 radical (unpaired) electrons. The van der Waals surface area contributed by atoms with Crippen LogP contribution in [0.25, 0.3) is 11.1 Å². The molecule has 0 amide bonds. The predicted octanol–water partition coefficient (Wildman–Crippen LogP) is -2.41. The van der Waals surface area contributed by atoms with Crippen molar-refractivity contribution in [3.63, 3.8) is 0 Å². The molecule has 10 N–H and O–H groups in total. The van der Waals surface area contributed by atoms with Crippen LogP contribution < -0.4 is 0 Å². The summed E-state index contributed by atoms with van der Waals surface area (Å²) in [5.41, 5.74) is 2.95. The number of carboxylic acids is 1. The zero-order chi connectivity index (χ0) is 34.0. The van der Waals surface area contributed by atoms with Crippen molar-refractivity contribution in [2.24, 2.45) is 0 Å². The lowest BCUT2D eigenvalue weighted by molar-refractivity contribution is -0.214. The van der Waals surface area contributed by atoms with E-state index in [0.717, 1.165) is 11.1 Å². The number of carboxylic acid groups (broad SMARTS) is 1. The number of benzene rings is 2. The number of aliphatic hydroxyl groups excluding tert-OH is 9. The van der Waals surface area contributed by atoms with E-state index < -0.39 is 85.6 Å². The molecule has 5 rings (SSSR count). The SMILES string of the molecule is O=C(O)CCC1(CCO)c2cc(C#C[C@H]3O[C@H](CO)[C@@H](O)[C@H](O)[C@H]3O)ccc2-c2ccc(C#C[C@H]3O[C@H](CO)[C@@H](O)[C@H](O)[C@H]3O)cc21. The molecular weight excluding hydrogens is 616 g/mol. The largest absolute Gasteiger partial charge is 0.481 e. The number of hydrogen-bond acceptors (Lipinski definition) is 12. The second kappa shape index (κ2) is 14.4. The first-order valence-electron chi connectivity index (χ1n) is 15.2. The van der Waals surface area contributed by atoms with E-state index in [4.69, 9.17) is 9.47 Å². The van der Waals surface area contributed by atoms with Crippen molar-refractivity contribution in [2.45, 2.75) is 85.7 Å². The number of carbonyl (C=O) groups is 1. The van der Waals surface area contributed by atoms with E-state index in [1.165, 1.54) is 0 Å². The van der Waals surface area contributed by atoms with Gasteiger partial charge >= 0.3 is 5.97 Å². The molecule has 13 heteroatoms. The number of aliphatic hydroxyl groups is 9. The Balaban J connectivity index is 1.52. The van der Waals surface area contributed by atoms with Crippen LogP contribution in [0.2, 0.25) is 0 Å². The zero-order valence-corrected chi connectivity index (χ0v) is 25.2. The normalized spacial score (nSPS) is 32.3. The molecule has 2 saturated heterocycles. The van der Waals surface area contributed by atoms with Gasteiger partial charge in [0.15, 0.2) is 0 Å². The molecule has 2 aliphatic heterocycles. The second-order valence-electron chi connectivity index (χ2n) is 12.0. The standard InChI is InChI=1S/C34H38O13/c35-12-11-34(10-9-27(38)39)21-13-17(3-7-23-28(40)32(44)30(42)25(15-36)46-23)1-5-19(21)20-6-2-18(14-22(20)34)4-8-24-29(41)33(45)31(43)26(16-37)47-24/h1-2,5-6,13-14,23-26,28-33,35-37,40-45H,9-12,15-16H2,(H,38,39)/t23-,24-,25-,26-,28+,29+,30-,31-,32-,33-/m1/s1. The van der Waals surface area contributed by atoms with Crippen molar-refractivity contribution >= 4 is 5.97 Å². The first kappa shape index (κ1) is 34.9. The summed E-state index contributed by atoms with van der Waals surface area (Å²) >= 11 is 0. The molecule has 3 aliphatic rings. The molecule has 1 aliphatic carbocycles. The Morgan fingerprint density at radius 2 is 1.11 bits per heavy atom. The summed E-state index contributed by atoms with van der Waals surface area (Å²) in [4.78, 5) is 11.8. The molecule has 13 nitrogen and oxygen atoms in total. The van der Waals surface area contributed by atoms with Gasteiger partial charge < -0.3 is 60.5 Å².